The van der Waals surface area contributed by atoms with Crippen LogP contribution in [0.3, 0.4) is 0 Å². The van der Waals surface area contributed by atoms with Crippen LogP contribution >= 0.6 is 15.9 Å². The van der Waals surface area contributed by atoms with Crippen LogP contribution in [0.2, 0.25) is 0 Å². The Labute approximate surface area is 178 Å². The summed E-state index contributed by atoms with van der Waals surface area (Å²) >= 11 is 3.33. The molecule has 2 amide bonds. The van der Waals surface area contributed by atoms with Crippen LogP contribution < -0.4 is 19.5 Å². The van der Waals surface area contributed by atoms with Crippen LogP contribution in [0.4, 0.5) is 0 Å². The molecular formula is C21H23BrN2O5. The molecule has 0 aromatic heterocycles. The third-order valence-electron chi connectivity index (χ3n) is 3.99. The Morgan fingerprint density at radius 3 is 1.97 bits per heavy atom. The molecule has 1 N–H and O–H groups in total. The second-order valence-electron chi connectivity index (χ2n) is 6.18. The van der Waals surface area contributed by atoms with Crippen molar-refractivity contribution in [3.8, 4) is 17.2 Å². The maximum Gasteiger partial charge on any atom is 0.269 e. The maximum absolute atomic E-state index is 12.6. The third kappa shape index (κ3) is 5.51. The van der Waals surface area contributed by atoms with E-state index in [1.54, 1.807) is 56.6 Å². The molecule has 0 radical (unpaired) electrons. The van der Waals surface area contributed by atoms with Crippen molar-refractivity contribution in [1.82, 2.24) is 10.2 Å². The van der Waals surface area contributed by atoms with Crippen molar-refractivity contribution < 1.29 is 23.8 Å². The van der Waals surface area contributed by atoms with E-state index in [1.165, 1.54) is 26.2 Å². The fourth-order valence-electron chi connectivity index (χ4n) is 2.54. The highest BCUT2D eigenvalue weighted by atomic mass is 79.9. The summed E-state index contributed by atoms with van der Waals surface area (Å²) in [4.78, 5) is 26.7. The number of rotatable bonds is 7. The van der Waals surface area contributed by atoms with Gasteiger partial charge >= 0.3 is 0 Å². The van der Waals surface area contributed by atoms with Gasteiger partial charge in [0.1, 0.15) is 5.70 Å². The summed E-state index contributed by atoms with van der Waals surface area (Å²) in [5.74, 6) is 0.560. The molecule has 0 atom stereocenters. The Morgan fingerprint density at radius 2 is 1.52 bits per heavy atom. The minimum Gasteiger partial charge on any atom is -0.493 e. The first-order valence-corrected chi connectivity index (χ1v) is 9.40. The molecule has 2 rings (SSSR count). The van der Waals surface area contributed by atoms with Gasteiger partial charge in [-0.1, -0.05) is 15.9 Å². The molecule has 8 heteroatoms. The first kappa shape index (κ1) is 22.3. The summed E-state index contributed by atoms with van der Waals surface area (Å²) in [6.45, 7) is 0. The number of nitrogens with zero attached hydrogens (tertiary/aromatic N) is 1. The molecule has 29 heavy (non-hydrogen) atoms. The molecule has 0 aliphatic carbocycles. The number of carbonyl (C=O) groups excluding carboxylic acids is 2. The summed E-state index contributed by atoms with van der Waals surface area (Å²) in [5.41, 5.74) is 1.13. The Bertz CT molecular complexity index is 898. The lowest BCUT2D eigenvalue weighted by atomic mass is 10.1. The second kappa shape index (κ2) is 9.97. The number of carbonyl (C=O) groups is 2. The number of benzene rings is 2. The number of amides is 2. The number of ether oxygens (including phenoxy) is 3. The zero-order valence-electron chi connectivity index (χ0n) is 16.9. The monoisotopic (exact) mass is 462 g/mol. The van der Waals surface area contributed by atoms with Gasteiger partial charge < -0.3 is 24.4 Å². The van der Waals surface area contributed by atoms with Crippen molar-refractivity contribution in [3.05, 3.63) is 57.7 Å². The van der Waals surface area contributed by atoms with Gasteiger partial charge in [0.15, 0.2) is 11.5 Å². The van der Waals surface area contributed by atoms with Crippen LogP contribution in [0.15, 0.2) is 46.6 Å². The summed E-state index contributed by atoms with van der Waals surface area (Å²) in [6, 6.07) is 10.2. The molecule has 0 saturated carbocycles. The van der Waals surface area contributed by atoms with Crippen molar-refractivity contribution in [1.29, 1.82) is 0 Å². The minimum atomic E-state index is -0.397. The smallest absolute Gasteiger partial charge is 0.269 e. The molecule has 0 unspecified atom stereocenters. The molecule has 0 heterocycles. The van der Waals surface area contributed by atoms with Gasteiger partial charge in [-0.25, -0.2) is 0 Å². The Kier molecular flexibility index (Phi) is 7.67. The zero-order chi connectivity index (χ0) is 21.6. The van der Waals surface area contributed by atoms with Gasteiger partial charge in [0, 0.05) is 24.1 Å². The third-order valence-corrected chi connectivity index (χ3v) is 4.52. The largest absolute Gasteiger partial charge is 0.493 e. The molecule has 0 aliphatic rings. The topological polar surface area (TPSA) is 77.1 Å². The first-order chi connectivity index (χ1) is 13.8. The Hall–Kier alpha value is -3.00. The van der Waals surface area contributed by atoms with E-state index in [4.69, 9.17) is 14.2 Å². The standard InChI is InChI=1S/C21H23BrN2O5/c1-24(2)21(26)16(23-20(25)14-6-8-15(22)9-7-14)10-13-11-17(27-3)19(29-5)18(12-13)28-4/h6-12H,1-5H3,(H,23,25)/b16-10-. The normalized spacial score (nSPS) is 10.9. The molecule has 0 spiro atoms. The highest BCUT2D eigenvalue weighted by Crippen LogP contribution is 2.38. The zero-order valence-corrected chi connectivity index (χ0v) is 18.5. The van der Waals surface area contributed by atoms with E-state index in [1.807, 2.05) is 0 Å². The Balaban J connectivity index is 2.47. The summed E-state index contributed by atoms with van der Waals surface area (Å²) in [5, 5.41) is 2.69. The Morgan fingerprint density at radius 1 is 0.966 bits per heavy atom. The molecule has 154 valence electrons. The molecule has 2 aromatic carbocycles. The van der Waals surface area contributed by atoms with Gasteiger partial charge in [-0.05, 0) is 48.0 Å². The van der Waals surface area contributed by atoms with Crippen molar-refractivity contribution in [2.45, 2.75) is 0 Å². The van der Waals surface area contributed by atoms with Crippen LogP contribution in [0.25, 0.3) is 6.08 Å². The van der Waals surface area contributed by atoms with Crippen LogP contribution in [-0.4, -0.2) is 52.1 Å². The highest BCUT2D eigenvalue weighted by Gasteiger charge is 2.18. The molecule has 0 saturated heterocycles. The minimum absolute atomic E-state index is 0.109. The molecule has 2 aromatic rings. The van der Waals surface area contributed by atoms with Gasteiger partial charge in [0.25, 0.3) is 11.8 Å². The quantitative estimate of drug-likeness (QED) is 0.638. The van der Waals surface area contributed by atoms with E-state index in [-0.39, 0.29) is 11.6 Å². The lowest BCUT2D eigenvalue weighted by Crippen LogP contribution is -2.34. The van der Waals surface area contributed by atoms with Crippen molar-refractivity contribution in [3.63, 3.8) is 0 Å². The van der Waals surface area contributed by atoms with Crippen LogP contribution in [0.5, 0.6) is 17.2 Å². The van der Waals surface area contributed by atoms with Gasteiger partial charge in [-0.15, -0.1) is 0 Å². The predicted octanol–water partition coefficient (Wildman–Crippen LogP) is 3.33. The fraction of sp³-hybridized carbons (Fsp3) is 0.238. The number of methoxy groups -OCH3 is 3. The second-order valence-corrected chi connectivity index (χ2v) is 7.09. The van der Waals surface area contributed by atoms with E-state index in [0.29, 0.717) is 28.4 Å². The van der Waals surface area contributed by atoms with E-state index in [9.17, 15) is 9.59 Å². The van der Waals surface area contributed by atoms with Crippen LogP contribution in [0, 0.1) is 0 Å². The predicted molar refractivity (Wildman–Crippen MR) is 114 cm³/mol. The highest BCUT2D eigenvalue weighted by molar-refractivity contribution is 9.10. The lowest BCUT2D eigenvalue weighted by Gasteiger charge is -2.16. The average molecular weight is 463 g/mol. The van der Waals surface area contributed by atoms with Crippen molar-refractivity contribution in [2.24, 2.45) is 0 Å². The number of nitrogens with one attached hydrogen (secondary N) is 1. The maximum atomic E-state index is 12.6. The number of hydrogen-bond acceptors (Lipinski definition) is 5. The number of halogens is 1. The SMILES string of the molecule is COc1cc(/C=C(\NC(=O)c2ccc(Br)cc2)C(=O)N(C)C)cc(OC)c1OC. The van der Waals surface area contributed by atoms with E-state index in [2.05, 4.69) is 21.2 Å². The van der Waals surface area contributed by atoms with Crippen molar-refractivity contribution >= 4 is 33.8 Å². The molecule has 0 bridgehead atoms. The lowest BCUT2D eigenvalue weighted by molar-refractivity contribution is -0.124. The average Bonchev–Trinajstić information content (AvgIpc) is 2.72. The van der Waals surface area contributed by atoms with E-state index < -0.39 is 5.91 Å². The fourth-order valence-corrected chi connectivity index (χ4v) is 2.80. The molecular weight excluding hydrogens is 440 g/mol. The van der Waals surface area contributed by atoms with Gasteiger partial charge in [0.2, 0.25) is 5.75 Å². The molecule has 7 nitrogen and oxygen atoms in total. The van der Waals surface area contributed by atoms with Crippen LogP contribution in [0.1, 0.15) is 15.9 Å². The number of hydrogen-bond donors (Lipinski definition) is 1. The first-order valence-electron chi connectivity index (χ1n) is 8.61. The van der Waals surface area contributed by atoms with Crippen LogP contribution in [-0.2, 0) is 4.79 Å². The molecule has 0 fully saturated rings. The van der Waals surface area contributed by atoms with Gasteiger partial charge in [0.05, 0.1) is 21.3 Å². The summed E-state index contributed by atoms with van der Waals surface area (Å²) < 4.78 is 16.9. The van der Waals surface area contributed by atoms with Gasteiger partial charge in [-0.3, -0.25) is 9.59 Å². The van der Waals surface area contributed by atoms with E-state index >= 15 is 0 Å². The van der Waals surface area contributed by atoms with Crippen molar-refractivity contribution in [2.75, 3.05) is 35.4 Å². The summed E-state index contributed by atoms with van der Waals surface area (Å²) in [7, 11) is 7.74. The van der Waals surface area contributed by atoms with E-state index in [0.717, 1.165) is 4.47 Å². The summed E-state index contributed by atoms with van der Waals surface area (Å²) in [6.07, 6.45) is 1.56. The molecule has 0 aliphatic heterocycles. The number of likely N-dealkylation sites (N-methyl/N-ethyl adjacent to an activating group) is 1. The van der Waals surface area contributed by atoms with Gasteiger partial charge in [-0.2, -0.15) is 0 Å².